The number of hydrogen-bond acceptors (Lipinski definition) is 5. The van der Waals surface area contributed by atoms with E-state index in [0.717, 1.165) is 30.9 Å². The number of aromatic nitrogens is 5. The van der Waals surface area contributed by atoms with Crippen LogP contribution in [0, 0.1) is 0 Å². The lowest BCUT2D eigenvalue weighted by Crippen LogP contribution is -2.29. The van der Waals surface area contributed by atoms with Crippen LogP contribution in [0.25, 0.3) is 0 Å². The Kier molecular flexibility index (Phi) is 3.27. The molecule has 0 saturated carbocycles. The summed E-state index contributed by atoms with van der Waals surface area (Å²) in [5.74, 6) is 1.26. The van der Waals surface area contributed by atoms with E-state index in [4.69, 9.17) is 0 Å². The quantitative estimate of drug-likeness (QED) is 0.855. The van der Waals surface area contributed by atoms with Gasteiger partial charge in [0.15, 0.2) is 5.82 Å². The Hall–Kier alpha value is -1.82. The third kappa shape index (κ3) is 2.53. The third-order valence-corrected chi connectivity index (χ3v) is 3.18. The van der Waals surface area contributed by atoms with Gasteiger partial charge >= 0.3 is 0 Å². The molecule has 0 aromatic carbocycles. The smallest absolute Gasteiger partial charge is 0.179 e. The molecule has 2 aromatic rings. The van der Waals surface area contributed by atoms with Crippen molar-refractivity contribution in [2.75, 3.05) is 13.1 Å². The van der Waals surface area contributed by atoms with Gasteiger partial charge in [0.05, 0.1) is 6.54 Å². The molecule has 1 atom stereocenters. The van der Waals surface area contributed by atoms with Gasteiger partial charge in [-0.1, -0.05) is 6.07 Å². The molecule has 6 nitrogen and oxygen atoms in total. The minimum Gasteiger partial charge on any atom is -0.316 e. The summed E-state index contributed by atoms with van der Waals surface area (Å²) >= 11 is 0. The highest BCUT2D eigenvalue weighted by atomic mass is 15.6. The highest BCUT2D eigenvalue weighted by Crippen LogP contribution is 2.18. The molecule has 6 heteroatoms. The zero-order valence-corrected chi connectivity index (χ0v) is 10.2. The van der Waals surface area contributed by atoms with Crippen LogP contribution in [0.3, 0.4) is 0 Å². The molecule has 0 aliphatic carbocycles. The fourth-order valence-electron chi connectivity index (χ4n) is 2.21. The van der Waals surface area contributed by atoms with E-state index in [0.29, 0.717) is 12.5 Å². The van der Waals surface area contributed by atoms with Gasteiger partial charge in [-0.2, -0.15) is 4.80 Å². The van der Waals surface area contributed by atoms with E-state index in [1.807, 2.05) is 18.3 Å². The first kappa shape index (κ1) is 11.3. The van der Waals surface area contributed by atoms with E-state index >= 15 is 0 Å². The molecule has 3 rings (SSSR count). The molecule has 0 radical (unpaired) electrons. The van der Waals surface area contributed by atoms with Crippen LogP contribution in [0.4, 0.5) is 0 Å². The average Bonchev–Trinajstić information content (AvgIpc) is 2.89. The summed E-state index contributed by atoms with van der Waals surface area (Å²) < 4.78 is 0. The Morgan fingerprint density at radius 2 is 2.44 bits per heavy atom. The van der Waals surface area contributed by atoms with Gasteiger partial charge < -0.3 is 5.32 Å². The highest BCUT2D eigenvalue weighted by Gasteiger charge is 2.19. The van der Waals surface area contributed by atoms with Gasteiger partial charge in [-0.3, -0.25) is 4.98 Å². The highest BCUT2D eigenvalue weighted by molar-refractivity contribution is 5.08. The van der Waals surface area contributed by atoms with Gasteiger partial charge in [0, 0.05) is 24.9 Å². The first-order valence-electron chi connectivity index (χ1n) is 6.29. The fourth-order valence-corrected chi connectivity index (χ4v) is 2.21. The van der Waals surface area contributed by atoms with Crippen molar-refractivity contribution in [1.82, 2.24) is 30.5 Å². The first-order valence-corrected chi connectivity index (χ1v) is 6.29. The van der Waals surface area contributed by atoms with Crippen LogP contribution in [-0.4, -0.2) is 38.3 Å². The molecule has 94 valence electrons. The van der Waals surface area contributed by atoms with Gasteiger partial charge in [-0.15, -0.1) is 10.2 Å². The Morgan fingerprint density at radius 3 is 3.22 bits per heavy atom. The maximum absolute atomic E-state index is 4.46. The molecule has 0 spiro atoms. The topological polar surface area (TPSA) is 68.5 Å². The second kappa shape index (κ2) is 5.22. The molecule has 2 aromatic heterocycles. The molecular weight excluding hydrogens is 228 g/mol. The molecule has 0 amide bonds. The molecule has 1 saturated heterocycles. The molecule has 18 heavy (non-hydrogen) atoms. The monoisotopic (exact) mass is 244 g/mol. The molecule has 1 aliphatic rings. The molecule has 1 fully saturated rings. The van der Waals surface area contributed by atoms with Gasteiger partial charge in [-0.05, 0) is 36.2 Å². The van der Waals surface area contributed by atoms with E-state index in [1.165, 1.54) is 6.42 Å². The standard InChI is InChI=1S/C12H16N6/c1-3-10(7-13-5-1)9-18-16-12(15-17-18)11-4-2-6-14-8-11/h1,3,5,7,11,14H,2,4,6,8-9H2. The van der Waals surface area contributed by atoms with Crippen molar-refractivity contribution in [2.45, 2.75) is 25.3 Å². The summed E-state index contributed by atoms with van der Waals surface area (Å²) in [6, 6.07) is 3.93. The molecule has 1 N–H and O–H groups in total. The fraction of sp³-hybridized carbons (Fsp3) is 0.500. The summed E-state index contributed by atoms with van der Waals surface area (Å²) in [6.45, 7) is 2.68. The van der Waals surface area contributed by atoms with E-state index in [9.17, 15) is 0 Å². The summed E-state index contributed by atoms with van der Waals surface area (Å²) in [4.78, 5) is 5.72. The summed E-state index contributed by atoms with van der Waals surface area (Å²) in [7, 11) is 0. The average molecular weight is 244 g/mol. The van der Waals surface area contributed by atoms with Crippen molar-refractivity contribution in [1.29, 1.82) is 0 Å². The summed E-state index contributed by atoms with van der Waals surface area (Å²) in [5, 5.41) is 16.1. The lowest BCUT2D eigenvalue weighted by Gasteiger charge is -2.19. The van der Waals surface area contributed by atoms with Crippen molar-refractivity contribution in [3.63, 3.8) is 0 Å². The zero-order valence-electron chi connectivity index (χ0n) is 10.2. The van der Waals surface area contributed by atoms with Crippen LogP contribution in [0.5, 0.6) is 0 Å². The second-order valence-corrected chi connectivity index (χ2v) is 4.58. The minimum absolute atomic E-state index is 0.404. The number of nitrogens with zero attached hydrogens (tertiary/aromatic N) is 5. The number of pyridine rings is 1. The SMILES string of the molecule is c1cncc(Cn2nnc(C3CCCNC3)n2)c1. The van der Waals surface area contributed by atoms with Crippen molar-refractivity contribution in [3.8, 4) is 0 Å². The van der Waals surface area contributed by atoms with Crippen molar-refractivity contribution >= 4 is 0 Å². The Morgan fingerprint density at radius 1 is 1.44 bits per heavy atom. The predicted octanol–water partition coefficient (Wildman–Crippen LogP) is 0.583. The Balaban J connectivity index is 1.69. The summed E-state index contributed by atoms with van der Waals surface area (Å²) in [5.41, 5.74) is 1.09. The maximum atomic E-state index is 4.46. The minimum atomic E-state index is 0.404. The van der Waals surface area contributed by atoms with Crippen LogP contribution in [0.1, 0.15) is 30.1 Å². The number of hydrogen-bond donors (Lipinski definition) is 1. The van der Waals surface area contributed by atoms with E-state index in [-0.39, 0.29) is 0 Å². The largest absolute Gasteiger partial charge is 0.316 e. The Labute approximate surface area is 105 Å². The van der Waals surface area contributed by atoms with Crippen LogP contribution in [-0.2, 0) is 6.54 Å². The predicted molar refractivity (Wildman–Crippen MR) is 66.0 cm³/mol. The molecule has 1 aliphatic heterocycles. The third-order valence-electron chi connectivity index (χ3n) is 3.18. The van der Waals surface area contributed by atoms with Gasteiger partial charge in [0.25, 0.3) is 0 Å². The maximum Gasteiger partial charge on any atom is 0.179 e. The number of tetrazole rings is 1. The number of piperidine rings is 1. The van der Waals surface area contributed by atoms with Gasteiger partial charge in [0.2, 0.25) is 0 Å². The second-order valence-electron chi connectivity index (χ2n) is 4.58. The van der Waals surface area contributed by atoms with Crippen LogP contribution in [0.15, 0.2) is 24.5 Å². The zero-order chi connectivity index (χ0) is 12.2. The molecule has 1 unspecified atom stereocenters. The Bertz CT molecular complexity index is 488. The lowest BCUT2D eigenvalue weighted by atomic mass is 9.99. The normalized spacial score (nSPS) is 19.9. The van der Waals surface area contributed by atoms with E-state index in [2.05, 4.69) is 25.7 Å². The molecule has 0 bridgehead atoms. The summed E-state index contributed by atoms with van der Waals surface area (Å²) in [6.07, 6.45) is 5.91. The first-order chi connectivity index (χ1) is 8.92. The number of nitrogens with one attached hydrogen (secondary N) is 1. The van der Waals surface area contributed by atoms with Crippen molar-refractivity contribution in [2.24, 2.45) is 0 Å². The lowest BCUT2D eigenvalue weighted by molar-refractivity contribution is 0.444. The van der Waals surface area contributed by atoms with Gasteiger partial charge in [0.1, 0.15) is 0 Å². The van der Waals surface area contributed by atoms with E-state index in [1.54, 1.807) is 11.0 Å². The molecule has 3 heterocycles. The number of rotatable bonds is 3. The molecular formula is C12H16N6. The van der Waals surface area contributed by atoms with Crippen LogP contribution in [0.2, 0.25) is 0 Å². The van der Waals surface area contributed by atoms with Crippen molar-refractivity contribution in [3.05, 3.63) is 35.9 Å². The van der Waals surface area contributed by atoms with E-state index < -0.39 is 0 Å². The van der Waals surface area contributed by atoms with Crippen LogP contribution >= 0.6 is 0 Å². The van der Waals surface area contributed by atoms with Crippen molar-refractivity contribution < 1.29 is 0 Å². The van der Waals surface area contributed by atoms with Gasteiger partial charge in [-0.25, -0.2) is 0 Å². The van der Waals surface area contributed by atoms with Crippen LogP contribution < -0.4 is 5.32 Å².